The second-order valence-corrected chi connectivity index (χ2v) is 9.43. The molecule has 9 nitrogen and oxygen atoms in total. The minimum atomic E-state index is -1.36. The van der Waals surface area contributed by atoms with E-state index in [-0.39, 0.29) is 23.4 Å². The van der Waals surface area contributed by atoms with Gasteiger partial charge in [-0.05, 0) is 45.7 Å². The molecular weight excluding hydrogens is 433 g/mol. The van der Waals surface area contributed by atoms with Gasteiger partial charge in [0, 0.05) is 39.2 Å². The first-order valence-corrected chi connectivity index (χ1v) is 10.8. The molecule has 2 N–H and O–H groups in total. The second-order valence-electron chi connectivity index (χ2n) is 9.43. The fourth-order valence-corrected chi connectivity index (χ4v) is 3.47. The van der Waals surface area contributed by atoms with Gasteiger partial charge < -0.3 is 29.7 Å². The number of likely N-dealkylation sites (tertiary alicyclic amines) is 1. The average molecular weight is 464 g/mol. The molecule has 1 amide bonds. The summed E-state index contributed by atoms with van der Waals surface area (Å²) in [5.74, 6) is -3.64. The van der Waals surface area contributed by atoms with E-state index in [0.29, 0.717) is 31.6 Å². The molecule has 0 radical (unpaired) electrons. The molecule has 0 spiro atoms. The summed E-state index contributed by atoms with van der Waals surface area (Å²) >= 11 is 0. The lowest BCUT2D eigenvalue weighted by molar-refractivity contribution is -0.222. The zero-order chi connectivity index (χ0) is 24.4. The van der Waals surface area contributed by atoms with Crippen molar-refractivity contribution in [2.24, 2.45) is 0 Å². The highest BCUT2D eigenvalue weighted by Crippen LogP contribution is 2.29. The summed E-state index contributed by atoms with van der Waals surface area (Å²) in [5.41, 5.74) is -0.393. The Bertz CT molecular complexity index is 939. The van der Waals surface area contributed by atoms with Crippen molar-refractivity contribution in [3.8, 4) is 0 Å². The van der Waals surface area contributed by atoms with E-state index in [9.17, 15) is 18.8 Å². The molecule has 1 aromatic rings. The first-order chi connectivity index (χ1) is 15.3. The molecule has 2 saturated heterocycles. The van der Waals surface area contributed by atoms with Gasteiger partial charge in [0.1, 0.15) is 11.4 Å². The Hall–Kier alpha value is -3.30. The van der Waals surface area contributed by atoms with Crippen molar-refractivity contribution in [2.75, 3.05) is 23.7 Å². The molecule has 0 saturated carbocycles. The molecule has 0 unspecified atom stereocenters. The van der Waals surface area contributed by atoms with Crippen LogP contribution in [0.4, 0.5) is 20.6 Å². The maximum atomic E-state index is 14.6. The average Bonchev–Trinajstić information content (AvgIpc) is 2.67. The largest absolute Gasteiger partial charge is 0.444 e. The molecule has 180 valence electrons. The van der Waals surface area contributed by atoms with Crippen LogP contribution in [0.1, 0.15) is 47.5 Å². The Morgan fingerprint density at radius 2 is 1.79 bits per heavy atom. The molecule has 0 aliphatic carbocycles. The van der Waals surface area contributed by atoms with Gasteiger partial charge >= 0.3 is 18.0 Å². The summed E-state index contributed by atoms with van der Waals surface area (Å²) in [6, 6.07) is 4.49. The maximum Gasteiger partial charge on any atom is 0.410 e. The summed E-state index contributed by atoms with van der Waals surface area (Å²) in [5, 5.41) is 5.97. The lowest BCUT2D eigenvalue weighted by Gasteiger charge is -2.34. The van der Waals surface area contributed by atoms with E-state index in [1.807, 2.05) is 20.8 Å². The number of halogens is 1. The first-order valence-electron chi connectivity index (χ1n) is 10.8. The highest BCUT2D eigenvalue weighted by Gasteiger charge is 2.39. The summed E-state index contributed by atoms with van der Waals surface area (Å²) in [6.45, 7) is 9.35. The molecule has 2 aliphatic rings. The number of hydrogen-bond acceptors (Lipinski definition) is 8. The number of rotatable bonds is 4. The van der Waals surface area contributed by atoms with Crippen molar-refractivity contribution < 1.29 is 33.0 Å². The van der Waals surface area contributed by atoms with E-state index in [1.165, 1.54) is 19.9 Å². The number of amides is 1. The highest BCUT2D eigenvalue weighted by atomic mass is 19.1. The second kappa shape index (κ2) is 9.29. The zero-order valence-corrected chi connectivity index (χ0v) is 19.5. The van der Waals surface area contributed by atoms with Crippen LogP contribution in [0.3, 0.4) is 0 Å². The Labute approximate surface area is 192 Å². The number of benzene rings is 1. The van der Waals surface area contributed by atoms with Crippen LogP contribution < -0.4 is 10.6 Å². The van der Waals surface area contributed by atoms with Gasteiger partial charge in [0.15, 0.2) is 5.57 Å². The van der Waals surface area contributed by atoms with Crippen molar-refractivity contribution in [1.29, 1.82) is 0 Å². The quantitative estimate of drug-likeness (QED) is 0.395. The van der Waals surface area contributed by atoms with Crippen LogP contribution >= 0.6 is 0 Å². The molecule has 0 bridgehead atoms. The molecule has 33 heavy (non-hydrogen) atoms. The van der Waals surface area contributed by atoms with Crippen molar-refractivity contribution >= 4 is 29.4 Å². The van der Waals surface area contributed by atoms with Crippen LogP contribution in [0, 0.1) is 5.82 Å². The van der Waals surface area contributed by atoms with Gasteiger partial charge in [-0.25, -0.2) is 18.8 Å². The number of carbonyl (C=O) groups is 3. The molecular formula is C23H30FN3O6. The smallest absolute Gasteiger partial charge is 0.410 e. The molecule has 0 atom stereocenters. The lowest BCUT2D eigenvalue weighted by atomic mass is 10.0. The van der Waals surface area contributed by atoms with E-state index >= 15 is 0 Å². The van der Waals surface area contributed by atoms with Crippen LogP contribution in [0.2, 0.25) is 0 Å². The van der Waals surface area contributed by atoms with Crippen LogP contribution in [-0.4, -0.2) is 53.5 Å². The van der Waals surface area contributed by atoms with Crippen LogP contribution in [0.5, 0.6) is 0 Å². The topological polar surface area (TPSA) is 106 Å². The van der Waals surface area contributed by atoms with Crippen molar-refractivity contribution in [1.82, 2.24) is 4.90 Å². The summed E-state index contributed by atoms with van der Waals surface area (Å²) in [6.07, 6.45) is 2.01. The molecule has 2 heterocycles. The molecule has 3 rings (SSSR count). The SMILES string of the molecule is CC(C)(C)OC(=O)N1CCC(Nc2cccc(F)c2NC=C2C(=O)OC(C)(C)OC2=O)CC1. The number of cyclic esters (lactones) is 2. The number of piperidine rings is 1. The first kappa shape index (κ1) is 24.3. The minimum absolute atomic E-state index is 0.0101. The van der Waals surface area contributed by atoms with Gasteiger partial charge in [0.05, 0.1) is 11.4 Å². The third-order valence-electron chi connectivity index (χ3n) is 5.00. The number of ether oxygens (including phenoxy) is 3. The number of anilines is 2. The third kappa shape index (κ3) is 6.36. The Kier molecular flexibility index (Phi) is 6.85. The summed E-state index contributed by atoms with van der Waals surface area (Å²) in [7, 11) is 0. The number of hydrogen-bond donors (Lipinski definition) is 2. The number of para-hydroxylation sites is 1. The normalized spacial score (nSPS) is 18.8. The highest BCUT2D eigenvalue weighted by molar-refractivity contribution is 6.15. The molecule has 2 aliphatic heterocycles. The van der Waals surface area contributed by atoms with Crippen LogP contribution in [-0.2, 0) is 23.8 Å². The monoisotopic (exact) mass is 463 g/mol. The number of nitrogens with one attached hydrogen (secondary N) is 2. The summed E-state index contributed by atoms with van der Waals surface area (Å²) < 4.78 is 30.1. The van der Waals surface area contributed by atoms with Gasteiger partial charge in [-0.2, -0.15) is 0 Å². The van der Waals surface area contributed by atoms with Crippen molar-refractivity contribution in [2.45, 2.75) is 64.9 Å². The van der Waals surface area contributed by atoms with E-state index in [2.05, 4.69) is 10.6 Å². The van der Waals surface area contributed by atoms with Gasteiger partial charge in [0.25, 0.3) is 5.79 Å². The predicted molar refractivity (Wildman–Crippen MR) is 119 cm³/mol. The molecule has 0 aromatic heterocycles. The Morgan fingerprint density at radius 1 is 1.18 bits per heavy atom. The van der Waals surface area contributed by atoms with Gasteiger partial charge in [0.2, 0.25) is 0 Å². The fourth-order valence-electron chi connectivity index (χ4n) is 3.47. The Morgan fingerprint density at radius 3 is 2.36 bits per heavy atom. The number of carbonyl (C=O) groups excluding carboxylic acids is 3. The zero-order valence-electron chi connectivity index (χ0n) is 19.5. The standard InChI is InChI=1S/C23H30FN3O6/c1-22(2,3)33-21(30)27-11-9-14(10-12-27)26-17-8-6-7-16(24)18(17)25-13-15-19(28)31-23(4,5)32-20(15)29/h6-8,13-14,25-26H,9-12H2,1-5H3. The lowest BCUT2D eigenvalue weighted by Crippen LogP contribution is -2.44. The van der Waals surface area contributed by atoms with Crippen molar-refractivity contribution in [3.63, 3.8) is 0 Å². The minimum Gasteiger partial charge on any atom is -0.444 e. The molecule has 10 heteroatoms. The van der Waals surface area contributed by atoms with E-state index < -0.39 is 29.1 Å². The van der Waals surface area contributed by atoms with E-state index in [0.717, 1.165) is 6.20 Å². The molecule has 2 fully saturated rings. The third-order valence-corrected chi connectivity index (χ3v) is 5.00. The van der Waals surface area contributed by atoms with Crippen molar-refractivity contribution in [3.05, 3.63) is 35.8 Å². The van der Waals surface area contributed by atoms with Gasteiger partial charge in [-0.1, -0.05) is 6.07 Å². The number of nitrogens with zero attached hydrogens (tertiary/aromatic N) is 1. The van der Waals surface area contributed by atoms with Crippen LogP contribution in [0.15, 0.2) is 30.0 Å². The van der Waals surface area contributed by atoms with E-state index in [4.69, 9.17) is 14.2 Å². The van der Waals surface area contributed by atoms with Gasteiger partial charge in [-0.3, -0.25) is 0 Å². The summed E-state index contributed by atoms with van der Waals surface area (Å²) in [4.78, 5) is 38.1. The van der Waals surface area contributed by atoms with Gasteiger partial charge in [-0.15, -0.1) is 0 Å². The van der Waals surface area contributed by atoms with E-state index in [1.54, 1.807) is 17.0 Å². The number of esters is 2. The maximum absolute atomic E-state index is 14.6. The fraction of sp³-hybridized carbons (Fsp3) is 0.522. The predicted octanol–water partition coefficient (Wildman–Crippen LogP) is 3.77. The molecule has 1 aromatic carbocycles. The van der Waals surface area contributed by atoms with Crippen LogP contribution in [0.25, 0.3) is 0 Å². The Balaban J connectivity index is 1.66.